The van der Waals surface area contributed by atoms with E-state index in [0.717, 1.165) is 24.2 Å². The van der Waals surface area contributed by atoms with Gasteiger partial charge in [-0.05, 0) is 37.2 Å². The molecule has 0 saturated heterocycles. The number of anilines is 1. The Balaban J connectivity index is 2.33. The Bertz CT molecular complexity index is 429. The lowest BCUT2D eigenvalue weighted by molar-refractivity contribution is -0.115. The van der Waals surface area contributed by atoms with Crippen LogP contribution in [0.15, 0.2) is 30.8 Å². The third-order valence-corrected chi connectivity index (χ3v) is 2.72. The average molecular weight is 278 g/mol. The minimum atomic E-state index is -0.0688. The maximum absolute atomic E-state index is 11.7. The largest absolute Gasteiger partial charge is 0.497 e. The van der Waals surface area contributed by atoms with Gasteiger partial charge in [-0.25, -0.2) is 0 Å². The zero-order chi connectivity index (χ0) is 14.8. The molecular weight excluding hydrogens is 256 g/mol. The number of ether oxygens (including phenoxy) is 2. The van der Waals surface area contributed by atoms with Gasteiger partial charge in [0.1, 0.15) is 5.76 Å². The van der Waals surface area contributed by atoms with E-state index in [4.69, 9.17) is 9.47 Å². The van der Waals surface area contributed by atoms with Crippen LogP contribution in [-0.4, -0.2) is 39.8 Å². The predicted octanol–water partition coefficient (Wildman–Crippen LogP) is 1.87. The van der Waals surface area contributed by atoms with E-state index in [0.29, 0.717) is 12.4 Å². The van der Waals surface area contributed by atoms with Crippen molar-refractivity contribution in [3.8, 4) is 0 Å². The fourth-order valence-corrected chi connectivity index (χ4v) is 1.61. The van der Waals surface area contributed by atoms with Crippen LogP contribution in [0.2, 0.25) is 0 Å². The number of hydrogen-bond donors (Lipinski definition) is 2. The van der Waals surface area contributed by atoms with Crippen molar-refractivity contribution in [2.24, 2.45) is 0 Å². The Hall–Kier alpha value is -1.85. The quantitative estimate of drug-likeness (QED) is 0.535. The molecule has 0 spiro atoms. The molecule has 1 aromatic carbocycles. The normalized spacial score (nSPS) is 10.1. The standard InChI is InChI=1S/C15H22N2O3/c1-12(20-3)13-5-7-14(8-6-13)17-15(18)11-16-9-4-10-19-2/h5-8,16H,1,4,9-11H2,2-3H3,(H,17,18). The molecule has 0 fully saturated rings. The molecule has 2 N–H and O–H groups in total. The second kappa shape index (κ2) is 9.12. The molecule has 0 saturated carbocycles. The molecule has 0 aliphatic carbocycles. The van der Waals surface area contributed by atoms with E-state index in [9.17, 15) is 4.79 Å². The minimum Gasteiger partial charge on any atom is -0.497 e. The third-order valence-electron chi connectivity index (χ3n) is 2.72. The molecule has 1 rings (SSSR count). The van der Waals surface area contributed by atoms with Crippen molar-refractivity contribution in [1.29, 1.82) is 0 Å². The number of hydrogen-bond acceptors (Lipinski definition) is 4. The van der Waals surface area contributed by atoms with Crippen LogP contribution in [0.3, 0.4) is 0 Å². The van der Waals surface area contributed by atoms with Gasteiger partial charge < -0.3 is 20.1 Å². The summed E-state index contributed by atoms with van der Waals surface area (Å²) in [5.41, 5.74) is 1.64. The van der Waals surface area contributed by atoms with E-state index in [1.54, 1.807) is 14.2 Å². The van der Waals surface area contributed by atoms with E-state index < -0.39 is 0 Å². The van der Waals surface area contributed by atoms with Gasteiger partial charge in [-0.3, -0.25) is 4.79 Å². The molecule has 0 aliphatic rings. The minimum absolute atomic E-state index is 0.0688. The van der Waals surface area contributed by atoms with E-state index >= 15 is 0 Å². The molecule has 0 bridgehead atoms. The lowest BCUT2D eigenvalue weighted by Gasteiger charge is -2.08. The van der Waals surface area contributed by atoms with Crippen LogP contribution in [0.1, 0.15) is 12.0 Å². The number of benzene rings is 1. The Labute approximate surface area is 120 Å². The average Bonchev–Trinajstić information content (AvgIpc) is 2.47. The van der Waals surface area contributed by atoms with Gasteiger partial charge in [-0.15, -0.1) is 0 Å². The SMILES string of the molecule is C=C(OC)c1ccc(NC(=O)CNCCCOC)cc1. The molecule has 1 aromatic rings. The van der Waals surface area contributed by atoms with Crippen LogP contribution in [-0.2, 0) is 14.3 Å². The Kier molecular flexibility index (Phi) is 7.39. The number of methoxy groups -OCH3 is 2. The van der Waals surface area contributed by atoms with Gasteiger partial charge >= 0.3 is 0 Å². The first kappa shape index (κ1) is 16.2. The van der Waals surface area contributed by atoms with E-state index in [1.807, 2.05) is 24.3 Å². The van der Waals surface area contributed by atoms with Crippen molar-refractivity contribution in [2.45, 2.75) is 6.42 Å². The molecule has 0 aromatic heterocycles. The highest BCUT2D eigenvalue weighted by Crippen LogP contribution is 2.16. The lowest BCUT2D eigenvalue weighted by Crippen LogP contribution is -2.29. The molecule has 0 radical (unpaired) electrons. The topological polar surface area (TPSA) is 59.6 Å². The summed E-state index contributed by atoms with van der Waals surface area (Å²) >= 11 is 0. The lowest BCUT2D eigenvalue weighted by atomic mass is 10.2. The van der Waals surface area contributed by atoms with Crippen molar-refractivity contribution in [2.75, 3.05) is 39.2 Å². The van der Waals surface area contributed by atoms with Crippen molar-refractivity contribution in [3.63, 3.8) is 0 Å². The fraction of sp³-hybridized carbons (Fsp3) is 0.400. The molecule has 5 heteroatoms. The van der Waals surface area contributed by atoms with Gasteiger partial charge in [0.05, 0.1) is 13.7 Å². The monoisotopic (exact) mass is 278 g/mol. The summed E-state index contributed by atoms with van der Waals surface area (Å²) < 4.78 is 9.97. The van der Waals surface area contributed by atoms with Crippen molar-refractivity contribution >= 4 is 17.4 Å². The number of carbonyl (C=O) groups is 1. The summed E-state index contributed by atoms with van der Waals surface area (Å²) in [7, 11) is 3.24. The highest BCUT2D eigenvalue weighted by molar-refractivity contribution is 5.92. The van der Waals surface area contributed by atoms with Crippen molar-refractivity contribution in [1.82, 2.24) is 5.32 Å². The molecule has 0 heterocycles. The maximum Gasteiger partial charge on any atom is 0.238 e. The number of amides is 1. The molecule has 5 nitrogen and oxygen atoms in total. The van der Waals surface area contributed by atoms with Gasteiger partial charge in [0.2, 0.25) is 5.91 Å². The second-order valence-corrected chi connectivity index (χ2v) is 4.28. The fourth-order valence-electron chi connectivity index (χ4n) is 1.61. The van der Waals surface area contributed by atoms with Crippen LogP contribution >= 0.6 is 0 Å². The van der Waals surface area contributed by atoms with Crippen LogP contribution in [0.25, 0.3) is 5.76 Å². The van der Waals surface area contributed by atoms with Crippen LogP contribution in [0.5, 0.6) is 0 Å². The number of carbonyl (C=O) groups excluding carboxylic acids is 1. The number of nitrogens with one attached hydrogen (secondary N) is 2. The van der Waals surface area contributed by atoms with Gasteiger partial charge in [-0.2, -0.15) is 0 Å². The van der Waals surface area contributed by atoms with E-state index in [2.05, 4.69) is 17.2 Å². The molecular formula is C15H22N2O3. The molecule has 0 atom stereocenters. The highest BCUT2D eigenvalue weighted by atomic mass is 16.5. The molecule has 0 aliphatic heterocycles. The van der Waals surface area contributed by atoms with Crippen LogP contribution in [0.4, 0.5) is 5.69 Å². The molecule has 110 valence electrons. The summed E-state index contributed by atoms with van der Waals surface area (Å²) in [6.07, 6.45) is 0.887. The summed E-state index contributed by atoms with van der Waals surface area (Å²) in [5, 5.41) is 5.87. The van der Waals surface area contributed by atoms with Crippen molar-refractivity contribution in [3.05, 3.63) is 36.4 Å². The second-order valence-electron chi connectivity index (χ2n) is 4.28. The predicted molar refractivity (Wildman–Crippen MR) is 80.5 cm³/mol. The summed E-state index contributed by atoms with van der Waals surface area (Å²) in [5.74, 6) is 0.531. The molecule has 1 amide bonds. The first-order chi connectivity index (χ1) is 9.67. The molecule has 20 heavy (non-hydrogen) atoms. The van der Waals surface area contributed by atoms with Gasteiger partial charge in [-0.1, -0.05) is 6.58 Å². The van der Waals surface area contributed by atoms with Crippen molar-refractivity contribution < 1.29 is 14.3 Å². The summed E-state index contributed by atoms with van der Waals surface area (Å²) in [4.78, 5) is 11.7. The molecule has 0 unspecified atom stereocenters. The number of rotatable bonds is 9. The van der Waals surface area contributed by atoms with Crippen LogP contribution < -0.4 is 10.6 Å². The van der Waals surface area contributed by atoms with E-state index in [-0.39, 0.29) is 12.5 Å². The zero-order valence-electron chi connectivity index (χ0n) is 12.1. The zero-order valence-corrected chi connectivity index (χ0v) is 12.1. The Morgan fingerprint density at radius 1 is 1.25 bits per heavy atom. The van der Waals surface area contributed by atoms with E-state index in [1.165, 1.54) is 0 Å². The Morgan fingerprint density at radius 3 is 2.55 bits per heavy atom. The first-order valence-corrected chi connectivity index (χ1v) is 6.50. The summed E-state index contributed by atoms with van der Waals surface area (Å²) in [6.45, 7) is 5.51. The maximum atomic E-state index is 11.7. The van der Waals surface area contributed by atoms with Gasteiger partial charge in [0.15, 0.2) is 0 Å². The highest BCUT2D eigenvalue weighted by Gasteiger charge is 2.03. The first-order valence-electron chi connectivity index (χ1n) is 6.50. The van der Waals surface area contributed by atoms with Gasteiger partial charge in [0, 0.05) is 25.0 Å². The van der Waals surface area contributed by atoms with Crippen LogP contribution in [0, 0.1) is 0 Å². The van der Waals surface area contributed by atoms with Gasteiger partial charge in [0.25, 0.3) is 0 Å². The smallest absolute Gasteiger partial charge is 0.238 e. The Morgan fingerprint density at radius 2 is 1.95 bits per heavy atom. The summed E-state index contributed by atoms with van der Waals surface area (Å²) in [6, 6.07) is 7.35. The third kappa shape index (κ3) is 5.86.